The molecule has 0 aliphatic carbocycles. The molecule has 0 aliphatic rings. The first-order valence-corrected chi connectivity index (χ1v) is 5.09. The van der Waals surface area contributed by atoms with E-state index in [1.165, 1.54) is 0 Å². The van der Waals surface area contributed by atoms with Gasteiger partial charge in [0.15, 0.2) is 0 Å². The number of hydrogen-bond acceptors (Lipinski definition) is 3. The van der Waals surface area contributed by atoms with Gasteiger partial charge in [0.25, 0.3) is 0 Å². The number of aromatic nitrogens is 2. The van der Waals surface area contributed by atoms with Crippen molar-refractivity contribution in [2.45, 2.75) is 32.7 Å². The van der Waals surface area contributed by atoms with Crippen molar-refractivity contribution in [3.8, 4) is 0 Å². The van der Waals surface area contributed by atoms with Crippen molar-refractivity contribution in [2.24, 2.45) is 12.8 Å². The van der Waals surface area contributed by atoms with Gasteiger partial charge >= 0.3 is 0 Å². The quantitative estimate of drug-likeness (QED) is 0.771. The molecule has 1 atom stereocenters. The highest BCUT2D eigenvalue weighted by atomic mass is 16.1. The van der Waals surface area contributed by atoms with Crippen LogP contribution in [0.15, 0.2) is 6.07 Å². The Morgan fingerprint density at radius 3 is 2.87 bits per heavy atom. The van der Waals surface area contributed by atoms with Crippen LogP contribution in [0.25, 0.3) is 0 Å². The van der Waals surface area contributed by atoms with E-state index < -0.39 is 0 Å². The predicted molar refractivity (Wildman–Crippen MR) is 59.5 cm³/mol. The lowest BCUT2D eigenvalue weighted by Gasteiger charge is -2.08. The first kappa shape index (κ1) is 11.7. The van der Waals surface area contributed by atoms with E-state index in [0.29, 0.717) is 12.2 Å². The zero-order valence-electron chi connectivity index (χ0n) is 9.45. The second-order valence-electron chi connectivity index (χ2n) is 3.72. The van der Waals surface area contributed by atoms with E-state index in [0.717, 1.165) is 12.1 Å². The van der Waals surface area contributed by atoms with Crippen LogP contribution in [0.4, 0.5) is 5.82 Å². The Bertz CT molecular complexity index is 345. The number of amides is 1. The number of aryl methyl sites for hydroxylation is 2. The standard InChI is InChI=1S/C10H18N4O/c1-4-8(11)6-10(15)12-9-5-7(2)13-14(9)3/h5,8H,4,6,11H2,1-3H3,(H,12,15). The Balaban J connectivity index is 2.55. The maximum atomic E-state index is 11.5. The fourth-order valence-corrected chi connectivity index (χ4v) is 1.30. The molecule has 5 nitrogen and oxygen atoms in total. The molecule has 1 aromatic rings. The van der Waals surface area contributed by atoms with E-state index in [2.05, 4.69) is 10.4 Å². The highest BCUT2D eigenvalue weighted by Gasteiger charge is 2.10. The number of rotatable bonds is 4. The Morgan fingerprint density at radius 2 is 2.40 bits per heavy atom. The number of nitrogens with zero attached hydrogens (tertiary/aromatic N) is 2. The van der Waals surface area contributed by atoms with Gasteiger partial charge in [-0.2, -0.15) is 5.10 Å². The molecule has 1 unspecified atom stereocenters. The van der Waals surface area contributed by atoms with Crippen molar-refractivity contribution in [3.63, 3.8) is 0 Å². The highest BCUT2D eigenvalue weighted by Crippen LogP contribution is 2.08. The lowest BCUT2D eigenvalue weighted by molar-refractivity contribution is -0.116. The lowest BCUT2D eigenvalue weighted by atomic mass is 10.1. The summed E-state index contributed by atoms with van der Waals surface area (Å²) < 4.78 is 1.64. The van der Waals surface area contributed by atoms with E-state index in [1.807, 2.05) is 19.9 Å². The SMILES string of the molecule is CCC(N)CC(=O)Nc1cc(C)nn1C. The molecule has 1 rings (SSSR count). The van der Waals surface area contributed by atoms with Crippen LogP contribution in [0, 0.1) is 6.92 Å². The van der Waals surface area contributed by atoms with E-state index in [9.17, 15) is 4.79 Å². The van der Waals surface area contributed by atoms with Crippen molar-refractivity contribution in [1.82, 2.24) is 9.78 Å². The van der Waals surface area contributed by atoms with Crippen molar-refractivity contribution in [2.75, 3.05) is 5.32 Å². The van der Waals surface area contributed by atoms with E-state index in [4.69, 9.17) is 5.73 Å². The summed E-state index contributed by atoms with van der Waals surface area (Å²) in [6.45, 7) is 3.85. The number of anilines is 1. The second-order valence-corrected chi connectivity index (χ2v) is 3.72. The molecule has 0 saturated heterocycles. The third kappa shape index (κ3) is 3.36. The molecule has 0 saturated carbocycles. The van der Waals surface area contributed by atoms with Crippen LogP contribution < -0.4 is 11.1 Å². The summed E-state index contributed by atoms with van der Waals surface area (Å²) in [6.07, 6.45) is 1.15. The third-order valence-corrected chi connectivity index (χ3v) is 2.24. The van der Waals surface area contributed by atoms with Gasteiger partial charge in [-0.1, -0.05) is 6.92 Å². The second kappa shape index (κ2) is 4.93. The molecule has 3 N–H and O–H groups in total. The lowest BCUT2D eigenvalue weighted by Crippen LogP contribution is -2.26. The zero-order valence-corrected chi connectivity index (χ0v) is 9.45. The third-order valence-electron chi connectivity index (χ3n) is 2.24. The van der Waals surface area contributed by atoms with Crippen molar-refractivity contribution in [3.05, 3.63) is 11.8 Å². The zero-order chi connectivity index (χ0) is 11.4. The number of nitrogens with one attached hydrogen (secondary N) is 1. The molecule has 0 spiro atoms. The van der Waals surface area contributed by atoms with Gasteiger partial charge in [0.2, 0.25) is 5.91 Å². The first-order chi connectivity index (χ1) is 7.02. The van der Waals surface area contributed by atoms with Gasteiger partial charge in [-0.05, 0) is 13.3 Å². The highest BCUT2D eigenvalue weighted by molar-refractivity contribution is 5.90. The summed E-state index contributed by atoms with van der Waals surface area (Å²) in [7, 11) is 1.79. The molecule has 15 heavy (non-hydrogen) atoms. The predicted octanol–water partition coefficient (Wildman–Crippen LogP) is 0.794. The fourth-order valence-electron chi connectivity index (χ4n) is 1.30. The van der Waals surface area contributed by atoms with E-state index in [1.54, 1.807) is 11.7 Å². The minimum atomic E-state index is -0.0701. The number of nitrogens with two attached hydrogens (primary N) is 1. The molecule has 0 aromatic carbocycles. The van der Waals surface area contributed by atoms with Crippen molar-refractivity contribution in [1.29, 1.82) is 0 Å². The molecular weight excluding hydrogens is 192 g/mol. The Kier molecular flexibility index (Phi) is 3.85. The van der Waals surface area contributed by atoms with Gasteiger partial charge in [0, 0.05) is 25.6 Å². The summed E-state index contributed by atoms with van der Waals surface area (Å²) in [5, 5.41) is 6.91. The van der Waals surface area contributed by atoms with Crippen LogP contribution in [-0.4, -0.2) is 21.7 Å². The number of hydrogen-bond donors (Lipinski definition) is 2. The molecule has 0 radical (unpaired) electrons. The molecule has 5 heteroatoms. The summed E-state index contributed by atoms with van der Waals surface area (Å²) in [4.78, 5) is 11.5. The van der Waals surface area contributed by atoms with Crippen LogP contribution >= 0.6 is 0 Å². The topological polar surface area (TPSA) is 72.9 Å². The van der Waals surface area contributed by atoms with Crippen LogP contribution in [0.2, 0.25) is 0 Å². The van der Waals surface area contributed by atoms with Gasteiger partial charge in [-0.25, -0.2) is 0 Å². The van der Waals surface area contributed by atoms with Crippen LogP contribution in [0.3, 0.4) is 0 Å². The monoisotopic (exact) mass is 210 g/mol. The Morgan fingerprint density at radius 1 is 1.73 bits per heavy atom. The van der Waals surface area contributed by atoms with Gasteiger partial charge in [-0.3, -0.25) is 9.48 Å². The average molecular weight is 210 g/mol. The number of carbonyl (C=O) groups excluding carboxylic acids is 1. The van der Waals surface area contributed by atoms with Gasteiger partial charge in [-0.15, -0.1) is 0 Å². The van der Waals surface area contributed by atoms with Crippen molar-refractivity contribution >= 4 is 11.7 Å². The average Bonchev–Trinajstić information content (AvgIpc) is 2.44. The van der Waals surface area contributed by atoms with Gasteiger partial charge in [0.1, 0.15) is 5.82 Å². The van der Waals surface area contributed by atoms with Gasteiger partial charge in [0.05, 0.1) is 5.69 Å². The summed E-state index contributed by atoms with van der Waals surface area (Å²) >= 11 is 0. The minimum Gasteiger partial charge on any atom is -0.327 e. The fraction of sp³-hybridized carbons (Fsp3) is 0.600. The largest absolute Gasteiger partial charge is 0.327 e. The van der Waals surface area contributed by atoms with E-state index >= 15 is 0 Å². The van der Waals surface area contributed by atoms with Crippen LogP contribution in [0.1, 0.15) is 25.5 Å². The van der Waals surface area contributed by atoms with E-state index in [-0.39, 0.29) is 11.9 Å². The Hall–Kier alpha value is -1.36. The Labute approximate surface area is 89.6 Å². The molecular formula is C10H18N4O. The normalized spacial score (nSPS) is 12.5. The molecule has 1 heterocycles. The van der Waals surface area contributed by atoms with Crippen molar-refractivity contribution < 1.29 is 4.79 Å². The molecule has 1 amide bonds. The van der Waals surface area contributed by atoms with Crippen LogP contribution in [0.5, 0.6) is 0 Å². The summed E-state index contributed by atoms with van der Waals surface area (Å²) in [6, 6.07) is 1.76. The first-order valence-electron chi connectivity index (χ1n) is 5.09. The maximum Gasteiger partial charge on any atom is 0.227 e. The smallest absolute Gasteiger partial charge is 0.227 e. The molecule has 84 valence electrons. The molecule has 0 aliphatic heterocycles. The molecule has 0 bridgehead atoms. The summed E-state index contributed by atoms with van der Waals surface area (Å²) in [5.41, 5.74) is 6.57. The maximum absolute atomic E-state index is 11.5. The summed E-state index contributed by atoms with van der Waals surface area (Å²) in [5.74, 6) is 0.646. The molecule has 1 aromatic heterocycles. The number of carbonyl (C=O) groups is 1. The van der Waals surface area contributed by atoms with Gasteiger partial charge < -0.3 is 11.1 Å². The molecule has 0 fully saturated rings. The minimum absolute atomic E-state index is 0.0626. The van der Waals surface area contributed by atoms with Crippen LogP contribution in [-0.2, 0) is 11.8 Å².